The van der Waals surface area contributed by atoms with E-state index in [1.165, 1.54) is 22.8 Å². The molecular formula is C44H48Cl2N6O6S. The number of carbonyl (C=O) groups is 1. The molecule has 0 saturated carbocycles. The minimum Gasteiger partial charge on any atom is -0.476 e. The Morgan fingerprint density at radius 2 is 1.76 bits per heavy atom. The van der Waals surface area contributed by atoms with E-state index in [9.17, 15) is 13.2 Å². The number of allylic oxidation sites excluding steroid dienone is 1. The van der Waals surface area contributed by atoms with Crippen LogP contribution in [0.3, 0.4) is 0 Å². The summed E-state index contributed by atoms with van der Waals surface area (Å²) in [7, 11) is -4.39. The summed E-state index contributed by atoms with van der Waals surface area (Å²) in [6, 6.07) is 20.1. The zero-order chi connectivity index (χ0) is 41.1. The number of nitrogens with zero attached hydrogens (tertiary/aromatic N) is 4. The number of pyridine rings is 1. The molecule has 0 bridgehead atoms. The fourth-order valence-electron chi connectivity index (χ4n) is 8.03. The number of rotatable bonds is 12. The molecule has 2 fully saturated rings. The number of aromatic nitrogens is 3. The van der Waals surface area contributed by atoms with E-state index in [1.54, 1.807) is 24.4 Å². The van der Waals surface area contributed by atoms with Gasteiger partial charge in [0.25, 0.3) is 15.9 Å². The highest BCUT2D eigenvalue weighted by atomic mass is 35.5. The molecule has 0 unspecified atom stereocenters. The smallest absolute Gasteiger partial charge is 0.268 e. The SMILES string of the molecule is CC1(C)CCC(CN2CCN(c3ccc(C(=O)NS(=O)(=O)c4cnc(OCC5CCOCC5)c(Cl)c4)c(Oc4cccc5[nH]ncc45)c3)CC2)=C(c2ccc(Cl)cc2)C1. The van der Waals surface area contributed by atoms with E-state index in [2.05, 4.69) is 55.7 Å². The van der Waals surface area contributed by atoms with Crippen LogP contribution in [0.1, 0.15) is 61.9 Å². The first-order chi connectivity index (χ1) is 28.4. The van der Waals surface area contributed by atoms with E-state index in [4.69, 9.17) is 37.4 Å². The molecule has 1 aliphatic carbocycles. The lowest BCUT2D eigenvalue weighted by Gasteiger charge is -2.39. The molecule has 2 saturated heterocycles. The number of ether oxygens (including phenoxy) is 3. The predicted molar refractivity (Wildman–Crippen MR) is 230 cm³/mol. The number of piperazine rings is 1. The molecule has 0 atom stereocenters. The van der Waals surface area contributed by atoms with Crippen LogP contribution in [0.5, 0.6) is 17.4 Å². The van der Waals surface area contributed by atoms with Gasteiger partial charge in [-0.1, -0.05) is 60.8 Å². The highest BCUT2D eigenvalue weighted by molar-refractivity contribution is 7.90. The van der Waals surface area contributed by atoms with Crippen molar-refractivity contribution in [3.63, 3.8) is 0 Å². The normalized spacial score (nSPS) is 17.9. The second kappa shape index (κ2) is 17.5. The van der Waals surface area contributed by atoms with Crippen molar-refractivity contribution in [1.82, 2.24) is 24.8 Å². The van der Waals surface area contributed by atoms with Crippen molar-refractivity contribution in [1.29, 1.82) is 0 Å². The van der Waals surface area contributed by atoms with Crippen LogP contribution in [0.4, 0.5) is 5.69 Å². The fourth-order valence-corrected chi connectivity index (χ4v) is 9.38. The summed E-state index contributed by atoms with van der Waals surface area (Å²) in [6.07, 6.45) is 7.75. The van der Waals surface area contributed by atoms with Crippen molar-refractivity contribution >= 4 is 61.3 Å². The highest BCUT2D eigenvalue weighted by Crippen LogP contribution is 2.43. The Morgan fingerprint density at radius 1 is 0.983 bits per heavy atom. The predicted octanol–water partition coefficient (Wildman–Crippen LogP) is 8.77. The number of benzene rings is 3. The van der Waals surface area contributed by atoms with Crippen LogP contribution in [-0.2, 0) is 14.8 Å². The quantitative estimate of drug-likeness (QED) is 0.125. The molecular weight excluding hydrogens is 811 g/mol. The lowest BCUT2D eigenvalue weighted by Crippen LogP contribution is -2.47. The number of hydrogen-bond donors (Lipinski definition) is 2. The maximum absolute atomic E-state index is 13.9. The van der Waals surface area contributed by atoms with Gasteiger partial charge < -0.3 is 19.1 Å². The standard InChI is InChI=1S/C44H48Cl2N6O6S/c1-44(2)15-12-31(36(24-44)30-6-8-32(45)9-7-30)27-51-16-18-52(19-17-51)33-10-11-35(41(22-33)58-40-5-3-4-39-37(40)26-48-49-39)42(53)50-59(54,55)34-23-38(46)43(47-25-34)57-28-29-13-20-56-21-14-29/h3-11,22-23,25-26,29H,12-21,24,27-28H2,1-2H3,(H,48,49)(H,50,53). The van der Waals surface area contributed by atoms with Gasteiger partial charge >= 0.3 is 0 Å². The molecule has 1 amide bonds. The third-order valence-corrected chi connectivity index (χ3v) is 13.3. The molecule has 3 aromatic carbocycles. The lowest BCUT2D eigenvalue weighted by atomic mass is 9.72. The average Bonchev–Trinajstić information content (AvgIpc) is 3.72. The van der Waals surface area contributed by atoms with Crippen LogP contribution in [0, 0.1) is 11.3 Å². The number of aromatic amines is 1. The molecule has 12 nitrogen and oxygen atoms in total. The number of halogens is 2. The van der Waals surface area contributed by atoms with E-state index in [1.807, 2.05) is 30.3 Å². The molecule has 5 aromatic rings. The van der Waals surface area contributed by atoms with E-state index >= 15 is 0 Å². The molecule has 59 heavy (non-hydrogen) atoms. The van der Waals surface area contributed by atoms with Gasteiger partial charge in [-0.25, -0.2) is 18.1 Å². The number of sulfonamides is 1. The first-order valence-electron chi connectivity index (χ1n) is 20.0. The van der Waals surface area contributed by atoms with Gasteiger partial charge in [-0.15, -0.1) is 0 Å². The van der Waals surface area contributed by atoms with Gasteiger partial charge in [-0.2, -0.15) is 5.10 Å². The van der Waals surface area contributed by atoms with Crippen molar-refractivity contribution in [3.8, 4) is 17.4 Å². The molecule has 2 aliphatic heterocycles. The Labute approximate surface area is 354 Å². The van der Waals surface area contributed by atoms with Crippen molar-refractivity contribution in [2.45, 2.75) is 50.8 Å². The maximum atomic E-state index is 13.9. The minimum absolute atomic E-state index is 0.0236. The molecule has 8 rings (SSSR count). The molecule has 0 radical (unpaired) electrons. The molecule has 0 spiro atoms. The van der Waals surface area contributed by atoms with Crippen LogP contribution in [0.25, 0.3) is 16.5 Å². The molecule has 15 heteroatoms. The van der Waals surface area contributed by atoms with Gasteiger partial charge in [0.2, 0.25) is 5.88 Å². The Hall–Kier alpha value is -4.66. The molecule has 3 aliphatic rings. The summed E-state index contributed by atoms with van der Waals surface area (Å²) < 4.78 is 47.0. The average molecular weight is 860 g/mol. The fraction of sp³-hybridized carbons (Fsp3) is 0.386. The number of fused-ring (bicyclic) bond motifs is 1. The number of anilines is 1. The number of nitrogens with one attached hydrogen (secondary N) is 2. The number of carbonyl (C=O) groups excluding carboxylic acids is 1. The summed E-state index contributed by atoms with van der Waals surface area (Å²) in [5, 5.41) is 8.56. The van der Waals surface area contributed by atoms with Crippen LogP contribution in [-0.4, -0.2) is 87.0 Å². The van der Waals surface area contributed by atoms with E-state index in [-0.39, 0.29) is 32.5 Å². The van der Waals surface area contributed by atoms with E-state index < -0.39 is 15.9 Å². The summed E-state index contributed by atoms with van der Waals surface area (Å²) >= 11 is 12.7. The second-order valence-electron chi connectivity index (χ2n) is 16.3. The van der Waals surface area contributed by atoms with E-state index in [0.717, 1.165) is 87.3 Å². The Balaban J connectivity index is 0.993. The Bertz CT molecular complexity index is 2460. The molecule has 2 aromatic heterocycles. The second-order valence-corrected chi connectivity index (χ2v) is 18.8. The Morgan fingerprint density at radius 3 is 2.53 bits per heavy atom. The third-order valence-electron chi connectivity index (χ3n) is 11.5. The topological polar surface area (TPSA) is 139 Å². The van der Waals surface area contributed by atoms with Crippen molar-refractivity contribution in [2.24, 2.45) is 11.3 Å². The summed E-state index contributed by atoms with van der Waals surface area (Å²) in [6.45, 7) is 10.5. The first kappa shape index (κ1) is 41.1. The van der Waals surface area contributed by atoms with Crippen molar-refractivity contribution < 1.29 is 27.4 Å². The number of hydrogen-bond acceptors (Lipinski definition) is 10. The van der Waals surface area contributed by atoms with Gasteiger partial charge in [0.15, 0.2) is 0 Å². The summed E-state index contributed by atoms with van der Waals surface area (Å²) in [5.41, 5.74) is 6.04. The molecule has 310 valence electrons. The highest BCUT2D eigenvalue weighted by Gasteiger charge is 2.30. The first-order valence-corrected chi connectivity index (χ1v) is 22.3. The Kier molecular flexibility index (Phi) is 12.2. The zero-order valence-corrected chi connectivity index (χ0v) is 35.5. The summed E-state index contributed by atoms with van der Waals surface area (Å²) in [5.74, 6) is 0.211. The monoisotopic (exact) mass is 858 g/mol. The zero-order valence-electron chi connectivity index (χ0n) is 33.2. The van der Waals surface area contributed by atoms with Gasteiger partial charge in [0, 0.05) is 62.7 Å². The van der Waals surface area contributed by atoms with Gasteiger partial charge in [0.05, 0.1) is 35.5 Å². The van der Waals surface area contributed by atoms with Crippen LogP contribution in [0.2, 0.25) is 10.0 Å². The van der Waals surface area contributed by atoms with Crippen LogP contribution >= 0.6 is 23.2 Å². The molecule has 2 N–H and O–H groups in total. The largest absolute Gasteiger partial charge is 0.476 e. The lowest BCUT2D eigenvalue weighted by molar-refractivity contribution is 0.0490. The van der Waals surface area contributed by atoms with Gasteiger partial charge in [-0.05, 0) is 97.0 Å². The van der Waals surface area contributed by atoms with Crippen molar-refractivity contribution in [2.75, 3.05) is 57.4 Å². The third kappa shape index (κ3) is 9.71. The van der Waals surface area contributed by atoms with Crippen LogP contribution in [0.15, 0.2) is 89.6 Å². The minimum atomic E-state index is -4.39. The maximum Gasteiger partial charge on any atom is 0.268 e. The van der Waals surface area contributed by atoms with E-state index in [0.29, 0.717) is 36.9 Å². The van der Waals surface area contributed by atoms with Crippen LogP contribution < -0.4 is 19.1 Å². The van der Waals surface area contributed by atoms with Crippen molar-refractivity contribution in [3.05, 3.63) is 106 Å². The van der Waals surface area contributed by atoms with Gasteiger partial charge in [-0.3, -0.25) is 14.8 Å². The number of H-pyrrole nitrogens is 1. The summed E-state index contributed by atoms with van der Waals surface area (Å²) in [4.78, 5) is 22.5. The van der Waals surface area contributed by atoms with Gasteiger partial charge in [0.1, 0.15) is 21.4 Å². The molecule has 4 heterocycles. The number of amides is 1.